The van der Waals surface area contributed by atoms with Crippen LogP contribution in [0.5, 0.6) is 5.75 Å². The average molecular weight is 438 g/mol. The minimum absolute atomic E-state index is 0.117. The Kier molecular flexibility index (Phi) is 6.02. The average Bonchev–Trinajstić information content (AvgIpc) is 3.25. The molecule has 2 N–H and O–H groups in total. The third kappa shape index (κ3) is 4.00. The second-order valence-corrected chi connectivity index (χ2v) is 8.56. The molecule has 0 fully saturated rings. The summed E-state index contributed by atoms with van der Waals surface area (Å²) in [5, 5.41) is 18.0. The SMILES string of the molecule is Cc1cc(C)c(-c2n[nH]c3c2C(c2ccc(F)cc2)N(CCCOC(C)C)C3=O)c(O)c1. The molecule has 1 amide bonds. The Bertz CT molecular complexity index is 1110. The highest BCUT2D eigenvalue weighted by molar-refractivity contribution is 6.00. The summed E-state index contributed by atoms with van der Waals surface area (Å²) in [7, 11) is 0. The molecule has 32 heavy (non-hydrogen) atoms. The summed E-state index contributed by atoms with van der Waals surface area (Å²) in [5.41, 5.74) is 4.83. The van der Waals surface area contributed by atoms with Crippen molar-refractivity contribution < 1.29 is 19.0 Å². The molecule has 0 saturated carbocycles. The molecular weight excluding hydrogens is 409 g/mol. The molecule has 4 rings (SSSR count). The van der Waals surface area contributed by atoms with Crippen LogP contribution in [-0.4, -0.2) is 45.4 Å². The van der Waals surface area contributed by atoms with Crippen molar-refractivity contribution in [1.29, 1.82) is 0 Å². The van der Waals surface area contributed by atoms with E-state index < -0.39 is 6.04 Å². The van der Waals surface area contributed by atoms with E-state index in [-0.39, 0.29) is 23.6 Å². The van der Waals surface area contributed by atoms with Crippen LogP contribution in [0.3, 0.4) is 0 Å². The molecule has 2 aromatic carbocycles. The van der Waals surface area contributed by atoms with Gasteiger partial charge >= 0.3 is 0 Å². The number of aryl methyl sites for hydroxylation is 2. The highest BCUT2D eigenvalue weighted by atomic mass is 19.1. The number of nitrogens with one attached hydrogen (secondary N) is 1. The Morgan fingerprint density at radius 3 is 2.59 bits per heavy atom. The maximum Gasteiger partial charge on any atom is 0.273 e. The summed E-state index contributed by atoms with van der Waals surface area (Å²) in [4.78, 5) is 15.1. The number of aromatic amines is 1. The van der Waals surface area contributed by atoms with E-state index in [0.29, 0.717) is 42.1 Å². The second-order valence-electron chi connectivity index (χ2n) is 8.56. The number of hydrogen-bond acceptors (Lipinski definition) is 4. The predicted octanol–water partition coefficient (Wildman–Crippen LogP) is 4.90. The minimum Gasteiger partial charge on any atom is -0.507 e. The number of fused-ring (bicyclic) bond motifs is 1. The van der Waals surface area contributed by atoms with E-state index in [2.05, 4.69) is 10.2 Å². The Labute approximate surface area is 187 Å². The van der Waals surface area contributed by atoms with Gasteiger partial charge in [-0.2, -0.15) is 5.10 Å². The van der Waals surface area contributed by atoms with Crippen LogP contribution in [0, 0.1) is 19.7 Å². The van der Waals surface area contributed by atoms with Gasteiger partial charge in [-0.15, -0.1) is 0 Å². The Morgan fingerprint density at radius 1 is 1.22 bits per heavy atom. The fourth-order valence-corrected chi connectivity index (χ4v) is 4.42. The summed E-state index contributed by atoms with van der Waals surface area (Å²) < 4.78 is 19.3. The molecule has 1 unspecified atom stereocenters. The number of aromatic hydroxyl groups is 1. The van der Waals surface area contributed by atoms with Crippen molar-refractivity contribution in [2.24, 2.45) is 0 Å². The number of amides is 1. The van der Waals surface area contributed by atoms with Crippen LogP contribution >= 0.6 is 0 Å². The van der Waals surface area contributed by atoms with Crippen molar-refractivity contribution in [3.05, 3.63) is 70.2 Å². The van der Waals surface area contributed by atoms with E-state index >= 15 is 0 Å². The van der Waals surface area contributed by atoms with Crippen LogP contribution in [0.1, 0.15) is 59.1 Å². The topological polar surface area (TPSA) is 78.5 Å². The van der Waals surface area contributed by atoms with Crippen molar-refractivity contribution in [3.63, 3.8) is 0 Å². The number of benzene rings is 2. The van der Waals surface area contributed by atoms with Crippen LogP contribution in [-0.2, 0) is 4.74 Å². The first kappa shape index (κ1) is 22.0. The van der Waals surface area contributed by atoms with E-state index in [1.165, 1.54) is 12.1 Å². The quantitative estimate of drug-likeness (QED) is 0.516. The van der Waals surface area contributed by atoms with Gasteiger partial charge in [0.1, 0.15) is 23.0 Å². The number of phenols is 1. The molecule has 0 bridgehead atoms. The zero-order valence-corrected chi connectivity index (χ0v) is 18.8. The first-order valence-electron chi connectivity index (χ1n) is 10.8. The molecule has 2 heterocycles. The minimum atomic E-state index is -0.439. The maximum absolute atomic E-state index is 13.6. The number of aromatic nitrogens is 2. The van der Waals surface area contributed by atoms with E-state index in [4.69, 9.17) is 4.74 Å². The van der Waals surface area contributed by atoms with Gasteiger partial charge in [-0.1, -0.05) is 18.2 Å². The molecule has 1 aromatic heterocycles. The van der Waals surface area contributed by atoms with E-state index in [0.717, 1.165) is 16.7 Å². The number of carbonyl (C=O) groups is 1. The van der Waals surface area contributed by atoms with Crippen LogP contribution in [0.2, 0.25) is 0 Å². The van der Waals surface area contributed by atoms with Crippen LogP contribution in [0.15, 0.2) is 36.4 Å². The van der Waals surface area contributed by atoms with Gasteiger partial charge in [-0.3, -0.25) is 9.89 Å². The van der Waals surface area contributed by atoms with Gasteiger partial charge in [-0.05, 0) is 69.0 Å². The summed E-state index contributed by atoms with van der Waals surface area (Å²) in [5.74, 6) is -0.387. The van der Waals surface area contributed by atoms with Gasteiger partial charge in [0.05, 0.1) is 12.1 Å². The van der Waals surface area contributed by atoms with Gasteiger partial charge in [0.15, 0.2) is 0 Å². The zero-order chi connectivity index (χ0) is 23.0. The second kappa shape index (κ2) is 8.74. The fourth-order valence-electron chi connectivity index (χ4n) is 4.42. The van der Waals surface area contributed by atoms with Gasteiger partial charge in [0, 0.05) is 24.3 Å². The largest absolute Gasteiger partial charge is 0.507 e. The molecule has 168 valence electrons. The van der Waals surface area contributed by atoms with E-state index in [1.807, 2.05) is 33.8 Å². The van der Waals surface area contributed by atoms with Crippen molar-refractivity contribution >= 4 is 5.91 Å². The van der Waals surface area contributed by atoms with Gasteiger partial charge in [-0.25, -0.2) is 4.39 Å². The Balaban J connectivity index is 1.79. The Morgan fingerprint density at radius 2 is 1.94 bits per heavy atom. The highest BCUT2D eigenvalue weighted by Crippen LogP contribution is 2.45. The monoisotopic (exact) mass is 437 g/mol. The predicted molar refractivity (Wildman–Crippen MR) is 120 cm³/mol. The number of hydrogen-bond donors (Lipinski definition) is 2. The molecule has 1 aliphatic heterocycles. The fraction of sp³-hybridized carbons (Fsp3) is 0.360. The van der Waals surface area contributed by atoms with Gasteiger partial charge < -0.3 is 14.7 Å². The lowest BCUT2D eigenvalue weighted by Gasteiger charge is -2.26. The molecule has 0 spiro atoms. The first-order valence-corrected chi connectivity index (χ1v) is 10.8. The first-order chi connectivity index (χ1) is 15.3. The lowest BCUT2D eigenvalue weighted by atomic mass is 9.93. The molecule has 3 aromatic rings. The van der Waals surface area contributed by atoms with Gasteiger partial charge in [0.2, 0.25) is 0 Å². The lowest BCUT2D eigenvalue weighted by Crippen LogP contribution is -2.31. The number of ether oxygens (including phenoxy) is 1. The summed E-state index contributed by atoms with van der Waals surface area (Å²) in [6, 6.07) is 9.40. The molecule has 0 radical (unpaired) electrons. The molecule has 7 heteroatoms. The number of phenolic OH excluding ortho intramolecular Hbond substituents is 1. The van der Waals surface area contributed by atoms with Crippen molar-refractivity contribution in [3.8, 4) is 17.0 Å². The van der Waals surface area contributed by atoms with E-state index in [1.54, 1.807) is 23.1 Å². The number of rotatable bonds is 7. The molecule has 6 nitrogen and oxygen atoms in total. The Hall–Kier alpha value is -3.19. The van der Waals surface area contributed by atoms with Crippen molar-refractivity contribution in [1.82, 2.24) is 15.1 Å². The molecule has 0 aliphatic carbocycles. The normalized spacial score (nSPS) is 15.6. The highest BCUT2D eigenvalue weighted by Gasteiger charge is 2.42. The molecule has 1 atom stereocenters. The molecule has 0 saturated heterocycles. The third-order valence-corrected chi connectivity index (χ3v) is 5.74. The standard InChI is InChI=1S/C25H28FN3O3/c1-14(2)32-11-5-10-29-24(17-6-8-18(26)9-7-17)21-22(27-28-23(21)25(29)31)20-16(4)12-15(3)13-19(20)30/h6-9,12-14,24,30H,5,10-11H2,1-4H3,(H,27,28). The maximum atomic E-state index is 13.6. The lowest BCUT2D eigenvalue weighted by molar-refractivity contribution is 0.0601. The van der Waals surface area contributed by atoms with Crippen molar-refractivity contribution in [2.45, 2.75) is 46.3 Å². The molecule has 1 aliphatic rings. The number of halogens is 1. The van der Waals surface area contributed by atoms with Gasteiger partial charge in [0.25, 0.3) is 5.91 Å². The van der Waals surface area contributed by atoms with Crippen molar-refractivity contribution in [2.75, 3.05) is 13.2 Å². The summed E-state index contributed by atoms with van der Waals surface area (Å²) in [6.45, 7) is 8.79. The summed E-state index contributed by atoms with van der Waals surface area (Å²) >= 11 is 0. The van der Waals surface area contributed by atoms with E-state index in [9.17, 15) is 14.3 Å². The number of H-pyrrole nitrogens is 1. The van der Waals surface area contributed by atoms with Crippen LogP contribution < -0.4 is 0 Å². The number of nitrogens with zero attached hydrogens (tertiary/aromatic N) is 2. The molecular formula is C25H28FN3O3. The smallest absolute Gasteiger partial charge is 0.273 e. The zero-order valence-electron chi connectivity index (χ0n) is 18.8. The third-order valence-electron chi connectivity index (χ3n) is 5.74. The number of carbonyl (C=O) groups excluding carboxylic acids is 1. The van der Waals surface area contributed by atoms with Crippen LogP contribution in [0.25, 0.3) is 11.3 Å². The summed E-state index contributed by atoms with van der Waals surface area (Å²) in [6.07, 6.45) is 0.789. The van der Waals surface area contributed by atoms with Crippen LogP contribution in [0.4, 0.5) is 4.39 Å².